The van der Waals surface area contributed by atoms with Gasteiger partial charge >= 0.3 is 0 Å². The molecule has 0 amide bonds. The normalized spacial score (nSPS) is 12.1. The second-order valence-electron chi connectivity index (χ2n) is 3.80. The lowest BCUT2D eigenvalue weighted by Gasteiger charge is -2.14. The number of phenolic OH excluding ortho intramolecular Hbond substituents is 1. The Bertz CT molecular complexity index is 471. The zero-order valence-electron chi connectivity index (χ0n) is 9.41. The van der Waals surface area contributed by atoms with Gasteiger partial charge in [0, 0.05) is 0 Å². The summed E-state index contributed by atoms with van der Waals surface area (Å²) >= 11 is 0. The summed E-state index contributed by atoms with van der Waals surface area (Å²) in [5.74, 6) is 0.589. The largest absolute Gasteiger partial charge is 0.504 e. The third kappa shape index (κ3) is 2.98. The van der Waals surface area contributed by atoms with Crippen molar-refractivity contribution in [1.29, 1.82) is 0 Å². The molecule has 0 spiro atoms. The Hall–Kier alpha value is -2.00. The van der Waals surface area contributed by atoms with E-state index in [0.29, 0.717) is 12.4 Å². The van der Waals surface area contributed by atoms with Crippen molar-refractivity contribution in [2.75, 3.05) is 6.61 Å². The first kappa shape index (κ1) is 11.5. The molecule has 0 bridgehead atoms. The number of benzene rings is 2. The van der Waals surface area contributed by atoms with Gasteiger partial charge in [-0.2, -0.15) is 0 Å². The highest BCUT2D eigenvalue weighted by Gasteiger charge is 2.07. The summed E-state index contributed by atoms with van der Waals surface area (Å²) in [5, 5.41) is 9.53. The Morgan fingerprint density at radius 3 is 2.35 bits per heavy atom. The first-order chi connectivity index (χ1) is 8.27. The van der Waals surface area contributed by atoms with Crippen LogP contribution in [0.25, 0.3) is 0 Å². The number of rotatable bonds is 4. The number of ether oxygens (including phenoxy) is 1. The summed E-state index contributed by atoms with van der Waals surface area (Å²) < 4.78 is 5.48. The molecule has 0 aliphatic carbocycles. The van der Waals surface area contributed by atoms with Crippen molar-refractivity contribution in [2.45, 2.75) is 6.04 Å². The van der Waals surface area contributed by atoms with Gasteiger partial charge in [-0.1, -0.05) is 42.5 Å². The van der Waals surface area contributed by atoms with E-state index in [1.807, 2.05) is 36.4 Å². The minimum atomic E-state index is -0.198. The van der Waals surface area contributed by atoms with Crippen molar-refractivity contribution in [3.63, 3.8) is 0 Å². The lowest BCUT2D eigenvalue weighted by molar-refractivity contribution is 0.277. The van der Waals surface area contributed by atoms with Crippen molar-refractivity contribution < 1.29 is 9.84 Å². The van der Waals surface area contributed by atoms with Crippen LogP contribution in [0.15, 0.2) is 54.6 Å². The molecule has 3 nitrogen and oxygen atoms in total. The summed E-state index contributed by atoms with van der Waals surface area (Å²) in [7, 11) is 0. The molecule has 1 unspecified atom stereocenters. The highest BCUT2D eigenvalue weighted by atomic mass is 16.5. The number of phenols is 1. The predicted molar refractivity (Wildman–Crippen MR) is 67.0 cm³/mol. The van der Waals surface area contributed by atoms with E-state index >= 15 is 0 Å². The van der Waals surface area contributed by atoms with Crippen molar-refractivity contribution in [3.05, 3.63) is 60.2 Å². The lowest BCUT2D eigenvalue weighted by Crippen LogP contribution is -2.18. The van der Waals surface area contributed by atoms with Crippen LogP contribution < -0.4 is 10.5 Å². The van der Waals surface area contributed by atoms with Gasteiger partial charge in [-0.3, -0.25) is 0 Å². The first-order valence-electron chi connectivity index (χ1n) is 5.48. The van der Waals surface area contributed by atoms with Gasteiger partial charge in [-0.15, -0.1) is 0 Å². The van der Waals surface area contributed by atoms with E-state index in [2.05, 4.69) is 0 Å². The molecule has 1 atom stereocenters. The summed E-state index contributed by atoms with van der Waals surface area (Å²) in [6.07, 6.45) is 0. The van der Waals surface area contributed by atoms with Crippen LogP contribution in [0.5, 0.6) is 11.5 Å². The fraction of sp³-hybridized carbons (Fsp3) is 0.143. The van der Waals surface area contributed by atoms with E-state index in [1.165, 1.54) is 0 Å². The molecule has 0 radical (unpaired) electrons. The van der Waals surface area contributed by atoms with Gasteiger partial charge in [-0.05, 0) is 17.7 Å². The Labute approximate surface area is 100 Å². The van der Waals surface area contributed by atoms with Gasteiger partial charge in [0.15, 0.2) is 11.5 Å². The number of nitrogens with two attached hydrogens (primary N) is 1. The Kier molecular flexibility index (Phi) is 3.62. The van der Waals surface area contributed by atoms with Crippen LogP contribution in [-0.2, 0) is 0 Å². The van der Waals surface area contributed by atoms with Crippen LogP contribution in [0, 0.1) is 0 Å². The molecule has 17 heavy (non-hydrogen) atoms. The third-order valence-corrected chi connectivity index (χ3v) is 2.51. The van der Waals surface area contributed by atoms with E-state index < -0.39 is 0 Å². The van der Waals surface area contributed by atoms with Gasteiger partial charge in [0.25, 0.3) is 0 Å². The fourth-order valence-electron chi connectivity index (χ4n) is 1.56. The van der Waals surface area contributed by atoms with Crippen LogP contribution >= 0.6 is 0 Å². The second-order valence-corrected chi connectivity index (χ2v) is 3.80. The number of hydrogen-bond donors (Lipinski definition) is 2. The number of hydrogen-bond acceptors (Lipinski definition) is 3. The molecule has 2 rings (SSSR count). The molecule has 2 aromatic carbocycles. The van der Waals surface area contributed by atoms with Gasteiger partial charge in [0.2, 0.25) is 0 Å². The summed E-state index contributed by atoms with van der Waals surface area (Å²) in [5.41, 5.74) is 7.00. The van der Waals surface area contributed by atoms with Gasteiger partial charge in [-0.25, -0.2) is 0 Å². The molecule has 0 aliphatic heterocycles. The van der Waals surface area contributed by atoms with Crippen LogP contribution in [0.1, 0.15) is 11.6 Å². The summed E-state index contributed by atoms with van der Waals surface area (Å²) in [6, 6.07) is 16.4. The van der Waals surface area contributed by atoms with Crippen molar-refractivity contribution in [2.24, 2.45) is 5.73 Å². The fourth-order valence-corrected chi connectivity index (χ4v) is 1.56. The van der Waals surface area contributed by atoms with Crippen LogP contribution in [-0.4, -0.2) is 11.7 Å². The molecular weight excluding hydrogens is 214 g/mol. The standard InChI is InChI=1S/C14H15NO2/c15-12(11-6-2-1-3-7-11)10-17-14-9-5-4-8-13(14)16/h1-9,12,16H,10,15H2. The van der Waals surface area contributed by atoms with Crippen molar-refractivity contribution >= 4 is 0 Å². The van der Waals surface area contributed by atoms with Gasteiger partial charge < -0.3 is 15.6 Å². The third-order valence-electron chi connectivity index (χ3n) is 2.51. The molecule has 0 aliphatic rings. The monoisotopic (exact) mass is 229 g/mol. The summed E-state index contributed by atoms with van der Waals surface area (Å²) in [6.45, 7) is 0.335. The van der Waals surface area contributed by atoms with E-state index in [9.17, 15) is 5.11 Å². The van der Waals surface area contributed by atoms with Gasteiger partial charge in [0.05, 0.1) is 6.04 Å². The maximum absolute atomic E-state index is 9.53. The van der Waals surface area contributed by atoms with Crippen LogP contribution in [0.2, 0.25) is 0 Å². The van der Waals surface area contributed by atoms with Crippen LogP contribution in [0.3, 0.4) is 0 Å². The van der Waals surface area contributed by atoms with Crippen LogP contribution in [0.4, 0.5) is 0 Å². The van der Waals surface area contributed by atoms with E-state index in [0.717, 1.165) is 5.56 Å². The lowest BCUT2D eigenvalue weighted by atomic mass is 10.1. The Balaban J connectivity index is 1.97. The number of para-hydroxylation sites is 2. The maximum Gasteiger partial charge on any atom is 0.161 e. The average Bonchev–Trinajstić information content (AvgIpc) is 2.38. The van der Waals surface area contributed by atoms with E-state index in [1.54, 1.807) is 18.2 Å². The molecular formula is C14H15NO2. The second kappa shape index (κ2) is 5.37. The smallest absolute Gasteiger partial charge is 0.161 e. The highest BCUT2D eigenvalue weighted by molar-refractivity contribution is 5.38. The zero-order valence-corrected chi connectivity index (χ0v) is 9.41. The van der Waals surface area contributed by atoms with Gasteiger partial charge in [0.1, 0.15) is 6.61 Å². The topological polar surface area (TPSA) is 55.5 Å². The molecule has 2 aromatic rings. The molecule has 0 aromatic heterocycles. The molecule has 0 saturated carbocycles. The average molecular weight is 229 g/mol. The summed E-state index contributed by atoms with van der Waals surface area (Å²) in [4.78, 5) is 0. The van der Waals surface area contributed by atoms with E-state index in [4.69, 9.17) is 10.5 Å². The van der Waals surface area contributed by atoms with Crippen molar-refractivity contribution in [3.8, 4) is 11.5 Å². The quantitative estimate of drug-likeness (QED) is 0.846. The SMILES string of the molecule is NC(COc1ccccc1O)c1ccccc1. The molecule has 3 N–H and O–H groups in total. The molecule has 88 valence electrons. The maximum atomic E-state index is 9.53. The molecule has 0 fully saturated rings. The molecule has 0 saturated heterocycles. The first-order valence-corrected chi connectivity index (χ1v) is 5.48. The minimum Gasteiger partial charge on any atom is -0.504 e. The predicted octanol–water partition coefficient (Wildman–Crippen LogP) is 2.47. The Morgan fingerprint density at radius 1 is 1.00 bits per heavy atom. The van der Waals surface area contributed by atoms with Crippen molar-refractivity contribution in [1.82, 2.24) is 0 Å². The van der Waals surface area contributed by atoms with E-state index in [-0.39, 0.29) is 11.8 Å². The Morgan fingerprint density at radius 2 is 1.65 bits per heavy atom. The highest BCUT2D eigenvalue weighted by Crippen LogP contribution is 2.25. The molecule has 3 heteroatoms. The molecule has 0 heterocycles. The zero-order chi connectivity index (χ0) is 12.1. The number of aromatic hydroxyl groups is 1. The minimum absolute atomic E-state index is 0.132.